The van der Waals surface area contributed by atoms with E-state index in [0.717, 1.165) is 10.9 Å². The van der Waals surface area contributed by atoms with Gasteiger partial charge < -0.3 is 64.2 Å². The molecular weight excluding hydrogens is 903 g/mol. The number of benzene rings is 2. The zero-order valence-electron chi connectivity index (χ0n) is 37.2. The molecule has 7 atom stereocenters. The van der Waals surface area contributed by atoms with Gasteiger partial charge in [0.05, 0.1) is 12.4 Å². The summed E-state index contributed by atoms with van der Waals surface area (Å²) >= 11 is 8.16. The topological polar surface area (TPSA) is 347 Å². The Morgan fingerprint density at radius 2 is 1.24 bits per heavy atom. The molecule has 15 N–H and O–H groups in total. The van der Waals surface area contributed by atoms with E-state index in [2.05, 4.69) is 77.1 Å². The van der Waals surface area contributed by atoms with Crippen molar-refractivity contribution in [2.24, 2.45) is 28.1 Å². The lowest BCUT2D eigenvalue weighted by molar-refractivity contribution is -0.141. The maximum absolute atomic E-state index is 14.5. The Balaban J connectivity index is 1.66. The van der Waals surface area contributed by atoms with Gasteiger partial charge >= 0.3 is 5.97 Å². The van der Waals surface area contributed by atoms with Crippen LogP contribution in [0.1, 0.15) is 49.9 Å². The van der Waals surface area contributed by atoms with Crippen LogP contribution in [-0.4, -0.2) is 128 Å². The summed E-state index contributed by atoms with van der Waals surface area (Å²) in [6.45, 7) is 3.79. The first-order valence-electron chi connectivity index (χ1n) is 21.6. The van der Waals surface area contributed by atoms with Crippen molar-refractivity contribution in [2.45, 2.75) is 94.7 Å². The molecule has 2 heterocycles. The van der Waals surface area contributed by atoms with Gasteiger partial charge in [-0.3, -0.25) is 33.8 Å². The normalized spacial score (nSPS) is 14.3. The molecule has 0 saturated heterocycles. The zero-order valence-corrected chi connectivity index (χ0v) is 39.0. The lowest BCUT2D eigenvalue weighted by Gasteiger charge is -2.28. The Bertz CT molecular complexity index is 2310. The number of nitrogens with two attached hydrogens (primary N) is 3. The van der Waals surface area contributed by atoms with Crippen LogP contribution >= 0.6 is 25.3 Å². The van der Waals surface area contributed by atoms with Crippen LogP contribution in [0.15, 0.2) is 78.3 Å². The number of imidazole rings is 1. The Labute approximate surface area is 398 Å². The smallest absolute Gasteiger partial charge is 0.327 e. The van der Waals surface area contributed by atoms with Crippen molar-refractivity contribution in [1.82, 2.24) is 46.9 Å². The van der Waals surface area contributed by atoms with E-state index >= 15 is 0 Å². The molecule has 0 radical (unpaired) electrons. The SMILES string of the molecule is CC(C)C[C@@H](NC(=O)[C@@H](N)CS)C(=O)N[C@@H](Cc1cnc[nH]1)C(=O)N[C@H](Cc1ccccc1)C(=O)N[C@@H](CCCN=C(N)N)C(=O)N[C@@H](Cc1c[nH]c2ccccc12)C(=O)N[C@@H](CS)C(=O)O. The van der Waals surface area contributed by atoms with E-state index in [1.807, 2.05) is 32.0 Å². The van der Waals surface area contributed by atoms with Crippen molar-refractivity contribution in [3.8, 4) is 0 Å². The molecule has 362 valence electrons. The summed E-state index contributed by atoms with van der Waals surface area (Å²) < 4.78 is 0. The van der Waals surface area contributed by atoms with E-state index < -0.39 is 83.7 Å². The van der Waals surface area contributed by atoms with Gasteiger partial charge in [0.1, 0.15) is 36.3 Å². The minimum atomic E-state index is -1.38. The second kappa shape index (κ2) is 26.5. The molecule has 0 aliphatic rings. The molecule has 21 nitrogen and oxygen atoms in total. The lowest BCUT2D eigenvalue weighted by atomic mass is 10.0. The Morgan fingerprint density at radius 3 is 1.82 bits per heavy atom. The summed E-state index contributed by atoms with van der Waals surface area (Å²) in [7, 11) is 0. The van der Waals surface area contributed by atoms with Gasteiger partial charge in [-0.25, -0.2) is 9.78 Å². The number of nitrogens with one attached hydrogen (secondary N) is 8. The fourth-order valence-corrected chi connectivity index (χ4v) is 7.41. The number of para-hydroxylation sites is 1. The number of amides is 6. The molecule has 0 unspecified atom stereocenters. The minimum absolute atomic E-state index is 0.0287. The number of carbonyl (C=O) groups is 7. The molecule has 0 saturated carbocycles. The standard InChI is InChI=1S/C44H61N13O8S2/c1-24(2)15-32(53-37(58)29(45)21-66)39(60)56-35(18-27-20-48-23-51-27)42(63)54-33(16-25-9-4-3-5-10-25)40(61)52-31(13-8-14-49-44(46)47)38(59)55-34(41(62)57-36(22-67)43(64)65)17-26-19-50-30-12-7-6-11-28(26)30/h3-7,9-12,19-20,23-24,29,31-36,50,66-67H,8,13-18,21-22,45H2,1-2H3,(H,48,51)(H,52,61)(H,53,58)(H,54,63)(H,55,59)(H,56,60)(H,57,62)(H,64,65)(H4,46,47,49)/t29-,31-,32+,33+,34-,35-,36-/m0/s1. The van der Waals surface area contributed by atoms with Gasteiger partial charge in [0.15, 0.2) is 5.96 Å². The third-order valence-corrected chi connectivity index (χ3v) is 11.3. The first-order valence-corrected chi connectivity index (χ1v) is 22.9. The van der Waals surface area contributed by atoms with Crippen LogP contribution < -0.4 is 49.1 Å². The highest BCUT2D eigenvalue weighted by Crippen LogP contribution is 2.20. The van der Waals surface area contributed by atoms with Crippen molar-refractivity contribution in [3.05, 3.63) is 90.1 Å². The van der Waals surface area contributed by atoms with Gasteiger partial charge in [0, 0.05) is 66.3 Å². The summed E-state index contributed by atoms with van der Waals surface area (Å²) in [4.78, 5) is 110. The van der Waals surface area contributed by atoms with E-state index in [-0.39, 0.29) is 68.5 Å². The Hall–Kier alpha value is -6.59. The third kappa shape index (κ3) is 17.0. The molecule has 0 spiro atoms. The highest BCUT2D eigenvalue weighted by Gasteiger charge is 2.34. The number of aliphatic carboxylic acids is 1. The number of carboxylic acids is 1. The number of aromatic nitrogens is 3. The number of fused-ring (bicyclic) bond motifs is 1. The van der Waals surface area contributed by atoms with Crippen LogP contribution in [0.3, 0.4) is 0 Å². The van der Waals surface area contributed by atoms with E-state index in [1.54, 1.807) is 42.6 Å². The van der Waals surface area contributed by atoms with Crippen LogP contribution in [0.2, 0.25) is 0 Å². The third-order valence-electron chi connectivity index (χ3n) is 10.5. The maximum Gasteiger partial charge on any atom is 0.327 e. The van der Waals surface area contributed by atoms with Crippen molar-refractivity contribution < 1.29 is 38.7 Å². The summed E-state index contributed by atoms with van der Waals surface area (Å²) in [5, 5.41) is 26.5. The summed E-state index contributed by atoms with van der Waals surface area (Å²) in [5.74, 6) is -6.26. The number of aliphatic imine (C=N–C) groups is 1. The minimum Gasteiger partial charge on any atom is -0.480 e. The summed E-state index contributed by atoms with van der Waals surface area (Å²) in [6.07, 6.45) is 4.65. The van der Waals surface area contributed by atoms with Crippen molar-refractivity contribution in [3.63, 3.8) is 0 Å². The average molecular weight is 964 g/mol. The number of thiol groups is 2. The summed E-state index contributed by atoms with van der Waals surface area (Å²) in [6, 6.07) is 7.26. The van der Waals surface area contributed by atoms with Gasteiger partial charge in [0.25, 0.3) is 0 Å². The number of rotatable bonds is 27. The van der Waals surface area contributed by atoms with E-state index in [9.17, 15) is 38.7 Å². The predicted octanol–water partition coefficient (Wildman–Crippen LogP) is -0.801. The molecule has 0 bridgehead atoms. The molecule has 2 aromatic carbocycles. The number of carboxylic acid groups (broad SMARTS) is 1. The van der Waals surface area contributed by atoms with E-state index in [4.69, 9.17) is 17.2 Å². The fraction of sp³-hybridized carbons (Fsp3) is 0.432. The molecule has 4 aromatic rings. The molecule has 0 aliphatic carbocycles. The van der Waals surface area contributed by atoms with Crippen LogP contribution in [-0.2, 0) is 52.8 Å². The summed E-state index contributed by atoms with van der Waals surface area (Å²) in [5.41, 5.74) is 19.5. The number of hydrogen-bond donors (Lipinski definition) is 14. The maximum atomic E-state index is 14.5. The largest absolute Gasteiger partial charge is 0.480 e. The number of hydrogen-bond acceptors (Lipinski definition) is 12. The molecule has 0 fully saturated rings. The zero-order chi connectivity index (χ0) is 49.0. The molecular formula is C44H61N13O8S2. The number of nitrogens with zero attached hydrogens (tertiary/aromatic N) is 2. The molecule has 0 aliphatic heterocycles. The Morgan fingerprint density at radius 1 is 0.687 bits per heavy atom. The quantitative estimate of drug-likeness (QED) is 0.0151. The highest BCUT2D eigenvalue weighted by atomic mass is 32.1. The van der Waals surface area contributed by atoms with Crippen LogP contribution in [0.25, 0.3) is 10.9 Å². The number of aromatic amines is 2. The second-order valence-corrected chi connectivity index (χ2v) is 17.0. The van der Waals surface area contributed by atoms with Crippen LogP contribution in [0, 0.1) is 5.92 Å². The molecule has 67 heavy (non-hydrogen) atoms. The van der Waals surface area contributed by atoms with Crippen LogP contribution in [0.4, 0.5) is 0 Å². The monoisotopic (exact) mass is 963 g/mol. The van der Waals surface area contributed by atoms with E-state index in [1.165, 1.54) is 12.5 Å². The number of carbonyl (C=O) groups excluding carboxylic acids is 6. The van der Waals surface area contributed by atoms with Gasteiger partial charge in [0.2, 0.25) is 35.4 Å². The van der Waals surface area contributed by atoms with E-state index in [0.29, 0.717) is 16.8 Å². The predicted molar refractivity (Wildman–Crippen MR) is 259 cm³/mol. The lowest BCUT2D eigenvalue weighted by Crippen LogP contribution is -2.60. The van der Waals surface area contributed by atoms with Crippen molar-refractivity contribution in [1.29, 1.82) is 0 Å². The van der Waals surface area contributed by atoms with Gasteiger partial charge in [-0.15, -0.1) is 0 Å². The highest BCUT2D eigenvalue weighted by molar-refractivity contribution is 7.80. The first kappa shape index (κ1) is 53.0. The second-order valence-electron chi connectivity index (χ2n) is 16.3. The van der Waals surface area contributed by atoms with Crippen molar-refractivity contribution >= 4 is 83.5 Å². The Kier molecular flexibility index (Phi) is 21.0. The van der Waals surface area contributed by atoms with Gasteiger partial charge in [-0.2, -0.15) is 25.3 Å². The van der Waals surface area contributed by atoms with Crippen molar-refractivity contribution in [2.75, 3.05) is 18.1 Å². The fourth-order valence-electron chi connectivity index (χ4n) is 7.00. The average Bonchev–Trinajstić information content (AvgIpc) is 3.97. The molecule has 2 aromatic heterocycles. The van der Waals surface area contributed by atoms with Gasteiger partial charge in [-0.05, 0) is 42.4 Å². The van der Waals surface area contributed by atoms with Crippen LogP contribution in [0.5, 0.6) is 0 Å². The first-order chi connectivity index (χ1) is 32.0. The molecule has 23 heteroatoms. The van der Waals surface area contributed by atoms with Gasteiger partial charge in [-0.1, -0.05) is 62.4 Å². The molecule has 6 amide bonds. The molecule has 4 rings (SSSR count). The number of guanidine groups is 1. The number of H-pyrrole nitrogens is 2.